The van der Waals surface area contributed by atoms with E-state index in [1.807, 2.05) is 0 Å². The maximum absolute atomic E-state index is 11.9. The second-order valence-corrected chi connectivity index (χ2v) is 4.33. The highest BCUT2D eigenvalue weighted by Crippen LogP contribution is 2.20. The molecular weight excluding hydrogens is 222 g/mol. The normalized spacial score (nSPS) is 21.2. The molecular formula is C12H19NO4. The number of hydrogen-bond donors (Lipinski definition) is 2. The monoisotopic (exact) mass is 241 g/mol. The van der Waals surface area contributed by atoms with Gasteiger partial charge in [-0.2, -0.15) is 0 Å². The third kappa shape index (κ3) is 3.56. The summed E-state index contributed by atoms with van der Waals surface area (Å²) in [6.07, 6.45) is 3.45. The van der Waals surface area contributed by atoms with Gasteiger partial charge in [0.15, 0.2) is 0 Å². The number of carbonyl (C=O) groups excluding carboxylic acids is 1. The van der Waals surface area contributed by atoms with E-state index in [2.05, 4.69) is 6.58 Å². The van der Waals surface area contributed by atoms with E-state index in [-0.39, 0.29) is 25.0 Å². The van der Waals surface area contributed by atoms with Gasteiger partial charge in [0, 0.05) is 13.0 Å². The summed E-state index contributed by atoms with van der Waals surface area (Å²) in [5.41, 5.74) is 0. The zero-order valence-corrected chi connectivity index (χ0v) is 9.84. The molecule has 0 bridgehead atoms. The number of hydrogen-bond acceptors (Lipinski definition) is 3. The summed E-state index contributed by atoms with van der Waals surface area (Å²) < 4.78 is 0. The first kappa shape index (κ1) is 13.7. The predicted molar refractivity (Wildman–Crippen MR) is 62.4 cm³/mol. The zero-order chi connectivity index (χ0) is 12.8. The second-order valence-electron chi connectivity index (χ2n) is 4.33. The van der Waals surface area contributed by atoms with Crippen LogP contribution in [0.25, 0.3) is 0 Å². The Morgan fingerprint density at radius 3 is 2.76 bits per heavy atom. The molecule has 17 heavy (non-hydrogen) atoms. The van der Waals surface area contributed by atoms with Crippen molar-refractivity contribution in [2.45, 2.75) is 31.7 Å². The van der Waals surface area contributed by atoms with E-state index in [0.29, 0.717) is 13.0 Å². The average Bonchev–Trinajstić information content (AvgIpc) is 2.76. The minimum atomic E-state index is -0.974. The lowest BCUT2D eigenvalue weighted by atomic mass is 10.0. The van der Waals surface area contributed by atoms with Crippen LogP contribution in [0.3, 0.4) is 0 Å². The molecule has 1 rings (SSSR count). The second kappa shape index (κ2) is 6.39. The molecule has 0 aromatic rings. The molecule has 0 aliphatic carbocycles. The Kier molecular flexibility index (Phi) is 5.15. The Balaban J connectivity index is 2.57. The van der Waals surface area contributed by atoms with Gasteiger partial charge in [-0.1, -0.05) is 6.08 Å². The van der Waals surface area contributed by atoms with Crippen LogP contribution >= 0.6 is 0 Å². The third-order valence-corrected chi connectivity index (χ3v) is 3.13. The van der Waals surface area contributed by atoms with Crippen molar-refractivity contribution in [3.05, 3.63) is 12.7 Å². The number of carboxylic acids is 1. The molecule has 1 saturated heterocycles. The van der Waals surface area contributed by atoms with Crippen LogP contribution in [0, 0.1) is 5.92 Å². The summed E-state index contributed by atoms with van der Waals surface area (Å²) in [7, 11) is 0. The Morgan fingerprint density at radius 2 is 2.24 bits per heavy atom. The quantitative estimate of drug-likeness (QED) is 0.669. The average molecular weight is 241 g/mol. The summed E-state index contributed by atoms with van der Waals surface area (Å²) >= 11 is 0. The van der Waals surface area contributed by atoms with Crippen molar-refractivity contribution in [1.29, 1.82) is 0 Å². The number of aliphatic hydroxyl groups is 1. The van der Waals surface area contributed by atoms with Gasteiger partial charge < -0.3 is 15.1 Å². The Morgan fingerprint density at radius 1 is 1.53 bits per heavy atom. The van der Waals surface area contributed by atoms with Gasteiger partial charge in [0.25, 0.3) is 0 Å². The van der Waals surface area contributed by atoms with Gasteiger partial charge in [-0.25, -0.2) is 0 Å². The fourth-order valence-corrected chi connectivity index (χ4v) is 2.15. The van der Waals surface area contributed by atoms with Crippen LogP contribution in [0.5, 0.6) is 0 Å². The minimum Gasteiger partial charge on any atom is -0.481 e. The zero-order valence-electron chi connectivity index (χ0n) is 9.84. The van der Waals surface area contributed by atoms with Crippen LogP contribution in [-0.4, -0.2) is 46.2 Å². The SMILES string of the molecule is C=CCC(CC(=O)N1CCCC1CO)C(=O)O. The van der Waals surface area contributed by atoms with E-state index in [0.717, 1.165) is 12.8 Å². The van der Waals surface area contributed by atoms with Gasteiger partial charge >= 0.3 is 5.97 Å². The predicted octanol–water partition coefficient (Wildman–Crippen LogP) is 0.637. The molecule has 1 aliphatic rings. The van der Waals surface area contributed by atoms with E-state index in [4.69, 9.17) is 10.2 Å². The van der Waals surface area contributed by atoms with Crippen molar-refractivity contribution < 1.29 is 19.8 Å². The van der Waals surface area contributed by atoms with E-state index >= 15 is 0 Å². The van der Waals surface area contributed by atoms with Crippen LogP contribution in [0.15, 0.2) is 12.7 Å². The smallest absolute Gasteiger partial charge is 0.307 e. The maximum Gasteiger partial charge on any atom is 0.307 e. The molecule has 96 valence electrons. The first-order chi connectivity index (χ1) is 8.10. The fraction of sp³-hybridized carbons (Fsp3) is 0.667. The molecule has 2 atom stereocenters. The van der Waals surface area contributed by atoms with E-state index in [1.54, 1.807) is 4.90 Å². The molecule has 1 aliphatic heterocycles. The lowest BCUT2D eigenvalue weighted by Gasteiger charge is -2.24. The van der Waals surface area contributed by atoms with Crippen molar-refractivity contribution in [3.63, 3.8) is 0 Å². The molecule has 1 amide bonds. The number of amides is 1. The first-order valence-corrected chi connectivity index (χ1v) is 5.84. The number of carboxylic acid groups (broad SMARTS) is 1. The summed E-state index contributed by atoms with van der Waals surface area (Å²) in [6, 6.07) is -0.138. The number of aliphatic hydroxyl groups excluding tert-OH is 1. The molecule has 0 aromatic heterocycles. The highest BCUT2D eigenvalue weighted by Gasteiger charge is 2.30. The van der Waals surface area contributed by atoms with E-state index < -0.39 is 11.9 Å². The summed E-state index contributed by atoms with van der Waals surface area (Å²) in [5.74, 6) is -1.87. The van der Waals surface area contributed by atoms with Crippen molar-refractivity contribution in [2.75, 3.05) is 13.2 Å². The number of aliphatic carboxylic acids is 1. The molecule has 0 aromatic carbocycles. The highest BCUT2D eigenvalue weighted by atomic mass is 16.4. The molecule has 2 N–H and O–H groups in total. The third-order valence-electron chi connectivity index (χ3n) is 3.13. The number of allylic oxidation sites excluding steroid dienone is 1. The standard InChI is InChI=1S/C12H19NO4/c1-2-4-9(12(16)17)7-11(15)13-6-3-5-10(13)8-14/h2,9-10,14H,1,3-8H2,(H,16,17). The number of carbonyl (C=O) groups is 2. The Bertz CT molecular complexity index is 303. The topological polar surface area (TPSA) is 77.8 Å². The van der Waals surface area contributed by atoms with Gasteiger partial charge in [0.1, 0.15) is 0 Å². The van der Waals surface area contributed by atoms with Crippen molar-refractivity contribution >= 4 is 11.9 Å². The molecule has 2 unspecified atom stereocenters. The summed E-state index contributed by atoms with van der Waals surface area (Å²) in [4.78, 5) is 24.4. The molecule has 5 heteroatoms. The molecule has 0 saturated carbocycles. The number of rotatable bonds is 6. The van der Waals surface area contributed by atoms with Gasteiger partial charge in [0.2, 0.25) is 5.91 Å². The maximum atomic E-state index is 11.9. The summed E-state index contributed by atoms with van der Waals surface area (Å²) in [6.45, 7) is 4.06. The van der Waals surface area contributed by atoms with Gasteiger partial charge in [-0.05, 0) is 19.3 Å². The van der Waals surface area contributed by atoms with Gasteiger partial charge in [0.05, 0.1) is 18.6 Å². The van der Waals surface area contributed by atoms with E-state index in [1.165, 1.54) is 6.08 Å². The number of likely N-dealkylation sites (tertiary alicyclic amines) is 1. The molecule has 1 heterocycles. The van der Waals surface area contributed by atoms with Crippen LogP contribution in [-0.2, 0) is 9.59 Å². The van der Waals surface area contributed by atoms with Crippen LogP contribution in [0.1, 0.15) is 25.7 Å². The minimum absolute atomic E-state index is 0.0160. The Hall–Kier alpha value is -1.36. The van der Waals surface area contributed by atoms with Gasteiger partial charge in [-0.3, -0.25) is 9.59 Å². The fourth-order valence-electron chi connectivity index (χ4n) is 2.15. The lowest BCUT2D eigenvalue weighted by molar-refractivity contribution is -0.146. The lowest BCUT2D eigenvalue weighted by Crippen LogP contribution is -2.39. The molecule has 0 radical (unpaired) electrons. The Labute approximate surface area is 101 Å². The van der Waals surface area contributed by atoms with Crippen molar-refractivity contribution in [2.24, 2.45) is 5.92 Å². The van der Waals surface area contributed by atoms with E-state index in [9.17, 15) is 9.59 Å². The van der Waals surface area contributed by atoms with Crippen molar-refractivity contribution in [1.82, 2.24) is 4.90 Å². The number of nitrogens with zero attached hydrogens (tertiary/aromatic N) is 1. The molecule has 0 spiro atoms. The summed E-state index contributed by atoms with van der Waals surface area (Å²) in [5, 5.41) is 18.1. The van der Waals surface area contributed by atoms with Crippen LogP contribution < -0.4 is 0 Å². The highest BCUT2D eigenvalue weighted by molar-refractivity contribution is 5.82. The van der Waals surface area contributed by atoms with Crippen molar-refractivity contribution in [3.8, 4) is 0 Å². The largest absolute Gasteiger partial charge is 0.481 e. The van der Waals surface area contributed by atoms with Crippen LogP contribution in [0.4, 0.5) is 0 Å². The van der Waals surface area contributed by atoms with Gasteiger partial charge in [-0.15, -0.1) is 6.58 Å². The molecule has 1 fully saturated rings. The first-order valence-electron chi connectivity index (χ1n) is 5.84. The molecule has 5 nitrogen and oxygen atoms in total. The van der Waals surface area contributed by atoms with Crippen LogP contribution in [0.2, 0.25) is 0 Å².